The van der Waals surface area contributed by atoms with E-state index in [1.165, 1.54) is 11.3 Å². The number of thiophene rings is 1. The minimum absolute atomic E-state index is 0.0242. The van der Waals surface area contributed by atoms with Crippen LogP contribution in [0.3, 0.4) is 0 Å². The Hall–Kier alpha value is -0.760. The third-order valence-electron chi connectivity index (χ3n) is 2.80. The number of halogens is 3. The third-order valence-corrected chi connectivity index (χ3v) is 6.48. The van der Waals surface area contributed by atoms with Gasteiger partial charge in [-0.25, -0.2) is 17.2 Å². The van der Waals surface area contributed by atoms with Crippen LogP contribution in [-0.4, -0.2) is 32.7 Å². The summed E-state index contributed by atoms with van der Waals surface area (Å²) in [6.07, 6.45) is -2.72. The van der Waals surface area contributed by atoms with Gasteiger partial charge in [-0.05, 0) is 6.07 Å². The Morgan fingerprint density at radius 3 is 2.60 bits per heavy atom. The van der Waals surface area contributed by atoms with Crippen LogP contribution in [0.25, 0.3) is 10.1 Å². The molecule has 2 aromatic rings. The lowest BCUT2D eigenvalue weighted by atomic mass is 10.2. The fourth-order valence-electron chi connectivity index (χ4n) is 1.89. The predicted molar refractivity (Wildman–Crippen MR) is 77.2 cm³/mol. The molecule has 3 nitrogen and oxygen atoms in total. The molecule has 0 radical (unpaired) electrons. The van der Waals surface area contributed by atoms with Crippen molar-refractivity contribution in [3.63, 3.8) is 0 Å². The van der Waals surface area contributed by atoms with Crippen molar-refractivity contribution in [1.29, 1.82) is 0 Å². The number of sulfonamides is 1. The van der Waals surface area contributed by atoms with E-state index in [1.807, 2.05) is 0 Å². The summed E-state index contributed by atoms with van der Waals surface area (Å²) in [6.45, 7) is -0.839. The Balaban J connectivity index is 2.61. The van der Waals surface area contributed by atoms with Crippen molar-refractivity contribution in [3.05, 3.63) is 29.1 Å². The molecule has 8 heteroatoms. The molecule has 0 unspecified atom stereocenters. The molecule has 0 fully saturated rings. The van der Waals surface area contributed by atoms with Gasteiger partial charge in [-0.1, -0.05) is 18.2 Å². The smallest absolute Gasteiger partial charge is 0.209 e. The Labute approximate surface area is 124 Å². The number of rotatable bonds is 5. The lowest BCUT2D eigenvalue weighted by molar-refractivity contribution is 0.126. The molecule has 1 heterocycles. The normalized spacial score (nSPS) is 12.7. The second kappa shape index (κ2) is 5.93. The summed E-state index contributed by atoms with van der Waals surface area (Å²) in [5.74, 6) is 0.0242. The Morgan fingerprint density at radius 1 is 1.35 bits per heavy atom. The van der Waals surface area contributed by atoms with Gasteiger partial charge in [0.05, 0.1) is 12.4 Å². The minimum Gasteiger partial charge on any atom is -0.209 e. The van der Waals surface area contributed by atoms with Gasteiger partial charge in [0, 0.05) is 22.0 Å². The van der Waals surface area contributed by atoms with Crippen LogP contribution in [0, 0.1) is 0 Å². The first-order chi connectivity index (χ1) is 9.37. The topological polar surface area (TPSA) is 37.4 Å². The van der Waals surface area contributed by atoms with E-state index in [4.69, 9.17) is 11.6 Å². The first-order valence-electron chi connectivity index (χ1n) is 5.68. The van der Waals surface area contributed by atoms with Gasteiger partial charge in [-0.15, -0.1) is 22.9 Å². The molecule has 0 atom stereocenters. The summed E-state index contributed by atoms with van der Waals surface area (Å²) in [5, 5.41) is 0.522. The van der Waals surface area contributed by atoms with E-state index in [0.717, 1.165) is 11.7 Å². The largest absolute Gasteiger partial charge is 0.252 e. The van der Waals surface area contributed by atoms with Gasteiger partial charge in [0.1, 0.15) is 4.90 Å². The Bertz CT molecular complexity index is 715. The highest BCUT2D eigenvalue weighted by molar-refractivity contribution is 7.89. The van der Waals surface area contributed by atoms with Crippen LogP contribution >= 0.6 is 22.9 Å². The first-order valence-corrected chi connectivity index (χ1v) is 8.48. The van der Waals surface area contributed by atoms with Crippen LogP contribution in [0.2, 0.25) is 0 Å². The summed E-state index contributed by atoms with van der Waals surface area (Å²) in [5.41, 5.74) is 0. The molecule has 0 saturated carbocycles. The standard InChI is InChI=1S/C12H12ClF2NO2S2/c1-16(7-11(14)15)20(17,18)12-8-4-2-3-5-9(8)19-10(12)6-13/h2-5,11H,6-7H2,1H3. The van der Waals surface area contributed by atoms with E-state index < -0.39 is 23.0 Å². The molecule has 0 aliphatic rings. The molecule has 2 rings (SSSR count). The molecule has 0 aliphatic heterocycles. The summed E-state index contributed by atoms with van der Waals surface area (Å²) in [7, 11) is -2.84. The summed E-state index contributed by atoms with van der Waals surface area (Å²) in [6, 6.07) is 6.93. The average Bonchev–Trinajstić information content (AvgIpc) is 2.76. The van der Waals surface area contributed by atoms with Crippen LogP contribution in [0.1, 0.15) is 4.88 Å². The van der Waals surface area contributed by atoms with Crippen molar-refractivity contribution in [3.8, 4) is 0 Å². The second-order valence-electron chi connectivity index (χ2n) is 4.16. The van der Waals surface area contributed by atoms with E-state index in [2.05, 4.69) is 0 Å². The molecule has 110 valence electrons. The quantitative estimate of drug-likeness (QED) is 0.781. The van der Waals surface area contributed by atoms with Crippen molar-refractivity contribution in [2.75, 3.05) is 13.6 Å². The number of hydrogen-bond acceptors (Lipinski definition) is 3. The molecule has 0 spiro atoms. The van der Waals surface area contributed by atoms with E-state index in [9.17, 15) is 17.2 Å². The van der Waals surface area contributed by atoms with Gasteiger partial charge in [-0.3, -0.25) is 0 Å². The highest BCUT2D eigenvalue weighted by atomic mass is 35.5. The van der Waals surface area contributed by atoms with Crippen LogP contribution in [0.15, 0.2) is 29.2 Å². The van der Waals surface area contributed by atoms with Crippen molar-refractivity contribution in [1.82, 2.24) is 4.31 Å². The minimum atomic E-state index is -3.98. The lowest BCUT2D eigenvalue weighted by Gasteiger charge is -2.17. The average molecular weight is 340 g/mol. The molecule has 0 bridgehead atoms. The molecule has 1 aromatic carbocycles. The maximum Gasteiger partial charge on any atom is 0.252 e. The van der Waals surface area contributed by atoms with Gasteiger partial charge in [0.2, 0.25) is 10.0 Å². The second-order valence-corrected chi connectivity index (χ2v) is 7.55. The third kappa shape index (κ3) is 2.81. The van der Waals surface area contributed by atoms with Crippen LogP contribution in [-0.2, 0) is 15.9 Å². The van der Waals surface area contributed by atoms with Crippen molar-refractivity contribution < 1.29 is 17.2 Å². The molecule has 0 saturated heterocycles. The zero-order valence-corrected chi connectivity index (χ0v) is 12.9. The van der Waals surface area contributed by atoms with Crippen molar-refractivity contribution in [2.45, 2.75) is 17.2 Å². The predicted octanol–water partition coefficient (Wildman–Crippen LogP) is 3.53. The van der Waals surface area contributed by atoms with Crippen LogP contribution in [0.4, 0.5) is 8.78 Å². The fraction of sp³-hybridized carbons (Fsp3) is 0.333. The SMILES string of the molecule is CN(CC(F)F)S(=O)(=O)c1c(CCl)sc2ccccc12. The van der Waals surface area contributed by atoms with Crippen LogP contribution in [0.5, 0.6) is 0 Å². The van der Waals surface area contributed by atoms with E-state index in [1.54, 1.807) is 24.3 Å². The van der Waals surface area contributed by atoms with Gasteiger partial charge in [-0.2, -0.15) is 4.31 Å². The van der Waals surface area contributed by atoms with E-state index in [0.29, 0.717) is 14.6 Å². The molecular weight excluding hydrogens is 328 g/mol. The zero-order chi connectivity index (χ0) is 14.9. The van der Waals surface area contributed by atoms with Crippen molar-refractivity contribution >= 4 is 43.0 Å². The zero-order valence-electron chi connectivity index (χ0n) is 10.5. The number of fused-ring (bicyclic) bond motifs is 1. The lowest BCUT2D eigenvalue weighted by Crippen LogP contribution is -2.31. The monoisotopic (exact) mass is 339 g/mol. The van der Waals surface area contributed by atoms with Crippen molar-refractivity contribution in [2.24, 2.45) is 0 Å². The maximum atomic E-state index is 12.5. The van der Waals surface area contributed by atoms with Crippen LogP contribution < -0.4 is 0 Å². The Kier molecular flexibility index (Phi) is 4.63. The van der Waals surface area contributed by atoms with Gasteiger partial charge < -0.3 is 0 Å². The summed E-state index contributed by atoms with van der Waals surface area (Å²) in [4.78, 5) is 0.505. The highest BCUT2D eigenvalue weighted by Gasteiger charge is 2.29. The molecular formula is C12H12ClF2NO2S2. The molecule has 0 amide bonds. The van der Waals surface area contributed by atoms with E-state index >= 15 is 0 Å². The summed E-state index contributed by atoms with van der Waals surface area (Å²) < 4.78 is 51.2. The number of alkyl halides is 3. The maximum absolute atomic E-state index is 12.5. The highest BCUT2D eigenvalue weighted by Crippen LogP contribution is 2.36. The fourth-order valence-corrected chi connectivity index (χ4v) is 5.16. The van der Waals surface area contributed by atoms with E-state index in [-0.39, 0.29) is 10.8 Å². The number of nitrogens with zero attached hydrogens (tertiary/aromatic N) is 1. The number of benzene rings is 1. The first kappa shape index (κ1) is 15.6. The molecule has 0 N–H and O–H groups in total. The molecule has 1 aromatic heterocycles. The van der Waals surface area contributed by atoms with Gasteiger partial charge in [0.25, 0.3) is 6.43 Å². The van der Waals surface area contributed by atoms with Gasteiger partial charge >= 0.3 is 0 Å². The Morgan fingerprint density at radius 2 is 2.00 bits per heavy atom. The summed E-state index contributed by atoms with van der Waals surface area (Å²) >= 11 is 7.06. The molecule has 20 heavy (non-hydrogen) atoms. The number of hydrogen-bond donors (Lipinski definition) is 0. The van der Waals surface area contributed by atoms with Gasteiger partial charge in [0.15, 0.2) is 0 Å². The molecule has 0 aliphatic carbocycles.